The summed E-state index contributed by atoms with van der Waals surface area (Å²) < 4.78 is 1.78. The Hall–Kier alpha value is -0.830. The first kappa shape index (κ1) is 9.71. The normalized spacial score (nSPS) is 18.2. The molecule has 1 heterocycles. The van der Waals surface area contributed by atoms with Gasteiger partial charge in [-0.05, 0) is 19.8 Å². The number of nitrogens with zero attached hydrogens (tertiary/aromatic N) is 2. The van der Waals surface area contributed by atoms with Crippen LogP contribution < -0.4 is 0 Å². The molecule has 1 aromatic heterocycles. The summed E-state index contributed by atoms with van der Waals surface area (Å²) in [4.78, 5) is 10.9. The molecule has 2 rings (SSSR count). The molecule has 0 spiro atoms. The van der Waals surface area contributed by atoms with Crippen molar-refractivity contribution in [3.63, 3.8) is 0 Å². The second kappa shape index (κ2) is 3.09. The number of aromatic nitrogens is 2. The molecule has 1 fully saturated rings. The lowest BCUT2D eigenvalue weighted by Crippen LogP contribution is -2.10. The van der Waals surface area contributed by atoms with Crippen molar-refractivity contribution in [1.29, 1.82) is 0 Å². The summed E-state index contributed by atoms with van der Waals surface area (Å²) in [6, 6.07) is 0. The summed E-state index contributed by atoms with van der Waals surface area (Å²) in [5, 5.41) is 4.93. The number of halogens is 1. The fourth-order valence-corrected chi connectivity index (χ4v) is 1.93. The molecular weight excluding hydrogens is 200 g/mol. The van der Waals surface area contributed by atoms with Crippen LogP contribution in [-0.2, 0) is 18.3 Å². The maximum Gasteiger partial charge on any atom is 0.126 e. The molecule has 0 atom stereocenters. The quantitative estimate of drug-likeness (QED) is 0.718. The molecule has 1 aromatic rings. The van der Waals surface area contributed by atoms with Crippen molar-refractivity contribution in [1.82, 2.24) is 9.78 Å². The zero-order valence-electron chi connectivity index (χ0n) is 8.38. The molecule has 14 heavy (non-hydrogen) atoms. The minimum Gasteiger partial charge on any atom is -0.303 e. The van der Waals surface area contributed by atoms with E-state index in [2.05, 4.69) is 5.10 Å². The molecule has 0 radical (unpaired) electrons. The van der Waals surface area contributed by atoms with Gasteiger partial charge < -0.3 is 4.79 Å². The van der Waals surface area contributed by atoms with Gasteiger partial charge in [-0.3, -0.25) is 4.68 Å². The van der Waals surface area contributed by atoms with E-state index in [-0.39, 0.29) is 5.41 Å². The van der Waals surface area contributed by atoms with Gasteiger partial charge in [0, 0.05) is 18.9 Å². The molecule has 0 N–H and O–H groups in total. The Morgan fingerprint density at radius 2 is 2.29 bits per heavy atom. The van der Waals surface area contributed by atoms with Crippen molar-refractivity contribution >= 4 is 17.9 Å². The number of carbonyl (C=O) groups excluding carboxylic acids is 1. The van der Waals surface area contributed by atoms with Crippen LogP contribution in [0.15, 0.2) is 0 Å². The number of aryl methyl sites for hydroxylation is 2. The van der Waals surface area contributed by atoms with Crippen LogP contribution >= 0.6 is 11.6 Å². The van der Waals surface area contributed by atoms with Crippen LogP contribution in [0.5, 0.6) is 0 Å². The van der Waals surface area contributed by atoms with E-state index in [9.17, 15) is 4.79 Å². The summed E-state index contributed by atoms with van der Waals surface area (Å²) in [6.07, 6.45) is 3.76. The highest BCUT2D eigenvalue weighted by molar-refractivity contribution is 6.31. The molecule has 1 aliphatic rings. The SMILES string of the molecule is Cc1nn(C)c(CC2(C=O)CC2)c1Cl. The second-order valence-corrected chi connectivity index (χ2v) is 4.50. The Morgan fingerprint density at radius 1 is 1.64 bits per heavy atom. The summed E-state index contributed by atoms with van der Waals surface area (Å²) in [5.41, 5.74) is 1.68. The standard InChI is InChI=1S/C10H13ClN2O/c1-7-9(11)8(13(2)12-7)5-10(6-14)3-4-10/h6H,3-5H2,1-2H3. The summed E-state index contributed by atoms with van der Waals surface area (Å²) in [6.45, 7) is 1.88. The molecule has 0 aliphatic heterocycles. The van der Waals surface area contributed by atoms with Gasteiger partial charge >= 0.3 is 0 Å². The van der Waals surface area contributed by atoms with Gasteiger partial charge in [-0.2, -0.15) is 5.10 Å². The van der Waals surface area contributed by atoms with Crippen LogP contribution in [-0.4, -0.2) is 16.1 Å². The van der Waals surface area contributed by atoms with Crippen LogP contribution in [0.3, 0.4) is 0 Å². The average molecular weight is 213 g/mol. The smallest absolute Gasteiger partial charge is 0.126 e. The van der Waals surface area contributed by atoms with Gasteiger partial charge in [0.25, 0.3) is 0 Å². The lowest BCUT2D eigenvalue weighted by Gasteiger charge is -2.07. The van der Waals surface area contributed by atoms with Gasteiger partial charge in [0.05, 0.1) is 16.4 Å². The van der Waals surface area contributed by atoms with Crippen molar-refractivity contribution in [3.8, 4) is 0 Å². The number of hydrogen-bond acceptors (Lipinski definition) is 2. The topological polar surface area (TPSA) is 34.9 Å². The lowest BCUT2D eigenvalue weighted by molar-refractivity contribution is -0.112. The predicted octanol–water partition coefficient (Wildman–Crippen LogP) is 1.90. The Bertz CT molecular complexity index is 380. The highest BCUT2D eigenvalue weighted by Crippen LogP contribution is 2.47. The van der Waals surface area contributed by atoms with E-state index in [0.29, 0.717) is 5.02 Å². The largest absolute Gasteiger partial charge is 0.303 e. The molecule has 4 heteroatoms. The van der Waals surface area contributed by atoms with Gasteiger partial charge in [-0.1, -0.05) is 11.6 Å². The maximum absolute atomic E-state index is 10.9. The molecule has 0 unspecified atom stereocenters. The molecular formula is C10H13ClN2O. The van der Waals surface area contributed by atoms with Crippen molar-refractivity contribution in [2.45, 2.75) is 26.2 Å². The fraction of sp³-hybridized carbons (Fsp3) is 0.600. The van der Waals surface area contributed by atoms with E-state index in [1.165, 1.54) is 0 Å². The van der Waals surface area contributed by atoms with E-state index in [1.54, 1.807) is 4.68 Å². The summed E-state index contributed by atoms with van der Waals surface area (Å²) >= 11 is 6.11. The van der Waals surface area contributed by atoms with Gasteiger partial charge in [-0.15, -0.1) is 0 Å². The predicted molar refractivity (Wildman–Crippen MR) is 54.4 cm³/mol. The Labute approximate surface area is 88.1 Å². The zero-order chi connectivity index (χ0) is 10.3. The van der Waals surface area contributed by atoms with E-state index >= 15 is 0 Å². The summed E-state index contributed by atoms with van der Waals surface area (Å²) in [5.74, 6) is 0. The molecule has 1 saturated carbocycles. The van der Waals surface area contributed by atoms with E-state index in [4.69, 9.17) is 11.6 Å². The van der Waals surface area contributed by atoms with E-state index in [0.717, 1.165) is 36.9 Å². The molecule has 76 valence electrons. The van der Waals surface area contributed by atoms with Gasteiger partial charge in [0.15, 0.2) is 0 Å². The number of hydrogen-bond donors (Lipinski definition) is 0. The van der Waals surface area contributed by atoms with E-state index < -0.39 is 0 Å². The van der Waals surface area contributed by atoms with Crippen molar-refractivity contribution in [2.24, 2.45) is 12.5 Å². The highest BCUT2D eigenvalue weighted by atomic mass is 35.5. The molecule has 0 bridgehead atoms. The highest BCUT2D eigenvalue weighted by Gasteiger charge is 2.43. The van der Waals surface area contributed by atoms with Gasteiger partial charge in [0.1, 0.15) is 6.29 Å². The maximum atomic E-state index is 10.9. The van der Waals surface area contributed by atoms with Crippen LogP contribution in [0.1, 0.15) is 24.2 Å². The molecule has 3 nitrogen and oxygen atoms in total. The fourth-order valence-electron chi connectivity index (χ4n) is 1.70. The van der Waals surface area contributed by atoms with Crippen molar-refractivity contribution in [3.05, 3.63) is 16.4 Å². The average Bonchev–Trinajstić information content (AvgIpc) is 2.88. The first-order valence-corrected chi connectivity index (χ1v) is 5.10. The van der Waals surface area contributed by atoms with Crippen molar-refractivity contribution in [2.75, 3.05) is 0 Å². The Balaban J connectivity index is 2.28. The third kappa shape index (κ3) is 1.46. The number of aldehydes is 1. The molecule has 1 aliphatic carbocycles. The molecule has 0 amide bonds. The van der Waals surface area contributed by atoms with Crippen LogP contribution in [0.4, 0.5) is 0 Å². The molecule has 0 saturated heterocycles. The minimum absolute atomic E-state index is 0.135. The van der Waals surface area contributed by atoms with Gasteiger partial charge in [-0.25, -0.2) is 0 Å². The minimum atomic E-state index is -0.135. The van der Waals surface area contributed by atoms with Gasteiger partial charge in [0.2, 0.25) is 0 Å². The zero-order valence-corrected chi connectivity index (χ0v) is 9.14. The third-order valence-corrected chi connectivity index (χ3v) is 3.42. The van der Waals surface area contributed by atoms with Crippen molar-refractivity contribution < 1.29 is 4.79 Å². The number of carbonyl (C=O) groups is 1. The Morgan fingerprint density at radius 3 is 2.64 bits per heavy atom. The monoisotopic (exact) mass is 212 g/mol. The second-order valence-electron chi connectivity index (χ2n) is 4.13. The van der Waals surface area contributed by atoms with E-state index in [1.807, 2.05) is 14.0 Å². The summed E-state index contributed by atoms with van der Waals surface area (Å²) in [7, 11) is 1.87. The third-order valence-electron chi connectivity index (χ3n) is 2.92. The van der Waals surface area contributed by atoms with Crippen LogP contribution in [0, 0.1) is 12.3 Å². The first-order chi connectivity index (χ1) is 6.58. The van der Waals surface area contributed by atoms with Crippen LogP contribution in [0.25, 0.3) is 0 Å². The Kier molecular flexibility index (Phi) is 2.14. The van der Waals surface area contributed by atoms with Crippen LogP contribution in [0.2, 0.25) is 5.02 Å². The lowest BCUT2D eigenvalue weighted by atomic mass is 10.0. The number of rotatable bonds is 3. The molecule has 0 aromatic carbocycles. The first-order valence-electron chi connectivity index (χ1n) is 4.72.